The third-order valence-electron chi connectivity index (χ3n) is 5.67. The molecule has 0 spiro atoms. The van der Waals surface area contributed by atoms with E-state index in [1.165, 1.54) is 0 Å². The van der Waals surface area contributed by atoms with Crippen molar-refractivity contribution in [2.75, 3.05) is 29.6 Å². The van der Waals surface area contributed by atoms with Crippen molar-refractivity contribution in [1.29, 1.82) is 0 Å². The number of aromatic nitrogens is 3. The van der Waals surface area contributed by atoms with Gasteiger partial charge in [-0.05, 0) is 69.5 Å². The summed E-state index contributed by atoms with van der Waals surface area (Å²) in [5, 5.41) is 11.8. The lowest BCUT2D eigenvalue weighted by atomic mass is 9.94. The van der Waals surface area contributed by atoms with Gasteiger partial charge in [-0.15, -0.1) is 5.10 Å². The van der Waals surface area contributed by atoms with Gasteiger partial charge in [0.25, 0.3) is 5.91 Å². The van der Waals surface area contributed by atoms with Crippen LogP contribution in [0.2, 0.25) is 0 Å². The Kier molecular flexibility index (Phi) is 8.20. The van der Waals surface area contributed by atoms with Gasteiger partial charge in [0.1, 0.15) is 6.04 Å². The lowest BCUT2D eigenvalue weighted by molar-refractivity contribution is -0.113. The van der Waals surface area contributed by atoms with Crippen LogP contribution in [-0.2, 0) is 4.79 Å². The van der Waals surface area contributed by atoms with Crippen LogP contribution >= 0.6 is 11.8 Å². The number of carbonyl (C=O) groups excluding carboxylic acids is 1. The summed E-state index contributed by atoms with van der Waals surface area (Å²) in [7, 11) is 0. The number of rotatable bonds is 10. The number of benzene rings is 2. The van der Waals surface area contributed by atoms with E-state index in [1.807, 2.05) is 70.2 Å². The van der Waals surface area contributed by atoms with Crippen LogP contribution < -0.4 is 20.1 Å². The zero-order valence-corrected chi connectivity index (χ0v) is 22.2. The zero-order chi connectivity index (χ0) is 25.7. The molecule has 36 heavy (non-hydrogen) atoms. The van der Waals surface area contributed by atoms with Crippen LogP contribution in [0.25, 0.3) is 0 Å². The summed E-state index contributed by atoms with van der Waals surface area (Å²) in [4.78, 5) is 18.4. The first-order valence-corrected chi connectivity index (χ1v) is 13.3. The van der Waals surface area contributed by atoms with Crippen LogP contribution in [0, 0.1) is 6.92 Å². The van der Waals surface area contributed by atoms with Crippen molar-refractivity contribution < 1.29 is 14.3 Å². The minimum absolute atomic E-state index is 0.202. The first-order chi connectivity index (χ1) is 17.4. The van der Waals surface area contributed by atoms with E-state index in [-0.39, 0.29) is 5.91 Å². The van der Waals surface area contributed by atoms with E-state index in [2.05, 4.69) is 17.6 Å². The van der Waals surface area contributed by atoms with Gasteiger partial charge in [0, 0.05) is 17.1 Å². The Labute approximate surface area is 216 Å². The van der Waals surface area contributed by atoms with Gasteiger partial charge < -0.3 is 20.1 Å². The molecule has 1 aromatic heterocycles. The Bertz CT molecular complexity index is 1270. The van der Waals surface area contributed by atoms with Crippen molar-refractivity contribution >= 4 is 29.3 Å². The fourth-order valence-corrected chi connectivity index (χ4v) is 4.83. The lowest BCUT2D eigenvalue weighted by Gasteiger charge is -2.29. The molecule has 2 N–H and O–H groups in total. The molecule has 2 heterocycles. The molecule has 8 nitrogen and oxygen atoms in total. The molecular formula is C27H33N5O3S. The van der Waals surface area contributed by atoms with Gasteiger partial charge in [0.05, 0.1) is 18.8 Å². The number of fused-ring (bicyclic) bond motifs is 1. The predicted octanol–water partition coefficient (Wildman–Crippen LogP) is 5.81. The molecule has 0 saturated carbocycles. The maximum Gasteiger partial charge on any atom is 0.255 e. The van der Waals surface area contributed by atoms with Gasteiger partial charge in [-0.25, -0.2) is 4.68 Å². The summed E-state index contributed by atoms with van der Waals surface area (Å²) >= 11 is 1.60. The zero-order valence-electron chi connectivity index (χ0n) is 21.4. The van der Waals surface area contributed by atoms with E-state index in [0.717, 1.165) is 34.7 Å². The molecule has 9 heteroatoms. The molecule has 1 aliphatic rings. The lowest BCUT2D eigenvalue weighted by Crippen LogP contribution is -2.31. The van der Waals surface area contributed by atoms with E-state index in [4.69, 9.17) is 19.6 Å². The maximum absolute atomic E-state index is 13.7. The van der Waals surface area contributed by atoms with Crippen molar-refractivity contribution in [2.24, 2.45) is 0 Å². The summed E-state index contributed by atoms with van der Waals surface area (Å²) in [5.74, 6) is 2.62. The number of ether oxygens (including phenoxy) is 2. The average Bonchev–Trinajstić information content (AvgIpc) is 3.25. The number of thioether (sulfide) groups is 1. The highest BCUT2D eigenvalue weighted by Crippen LogP contribution is 2.40. The first-order valence-electron chi connectivity index (χ1n) is 12.3. The minimum Gasteiger partial charge on any atom is -0.490 e. The van der Waals surface area contributed by atoms with E-state index < -0.39 is 6.04 Å². The number of hydrogen-bond donors (Lipinski definition) is 2. The van der Waals surface area contributed by atoms with Gasteiger partial charge in [-0.2, -0.15) is 4.98 Å². The standard InChI is InChI=1S/C27H33N5O3S/c1-6-14-36-27-30-26-28-18(5)23(25(33)29-20-11-9-10-17(4)15-20)24(32(26)31-27)19-12-13-21(34-7-2)22(16-19)35-8-3/h9-13,15-16,24H,6-8,14H2,1-5H3,(H,29,33)(H,28,30,31). The van der Waals surface area contributed by atoms with Gasteiger partial charge in [0.15, 0.2) is 11.5 Å². The highest BCUT2D eigenvalue weighted by Gasteiger charge is 2.35. The minimum atomic E-state index is -0.496. The normalized spacial score (nSPS) is 14.8. The van der Waals surface area contributed by atoms with Crippen LogP contribution in [0.4, 0.5) is 11.6 Å². The Morgan fingerprint density at radius 2 is 1.86 bits per heavy atom. The summed E-state index contributed by atoms with van der Waals surface area (Å²) in [6, 6.07) is 13.0. The molecule has 0 fully saturated rings. The Hall–Kier alpha value is -3.46. The molecule has 1 amide bonds. The third kappa shape index (κ3) is 5.51. The molecule has 0 radical (unpaired) electrons. The van der Waals surface area contributed by atoms with Crippen molar-refractivity contribution in [2.45, 2.75) is 52.2 Å². The Morgan fingerprint density at radius 3 is 2.58 bits per heavy atom. The second-order valence-corrected chi connectivity index (χ2v) is 9.54. The fourth-order valence-electron chi connectivity index (χ4n) is 4.15. The first kappa shape index (κ1) is 25.6. The summed E-state index contributed by atoms with van der Waals surface area (Å²) in [6.45, 7) is 10.9. The Balaban J connectivity index is 1.80. The van der Waals surface area contributed by atoms with Crippen molar-refractivity contribution in [3.05, 3.63) is 64.9 Å². The average molecular weight is 508 g/mol. The van der Waals surface area contributed by atoms with Crippen LogP contribution in [-0.4, -0.2) is 39.6 Å². The van der Waals surface area contributed by atoms with Crippen molar-refractivity contribution in [3.8, 4) is 11.5 Å². The van der Waals surface area contributed by atoms with E-state index in [0.29, 0.717) is 41.4 Å². The monoisotopic (exact) mass is 507 g/mol. The topological polar surface area (TPSA) is 90.3 Å². The van der Waals surface area contributed by atoms with Gasteiger partial charge in [-0.3, -0.25) is 4.79 Å². The molecule has 3 aromatic rings. The molecule has 0 aliphatic carbocycles. The number of carbonyl (C=O) groups is 1. The Morgan fingerprint density at radius 1 is 1.08 bits per heavy atom. The molecular weight excluding hydrogens is 474 g/mol. The molecule has 190 valence electrons. The predicted molar refractivity (Wildman–Crippen MR) is 144 cm³/mol. The van der Waals surface area contributed by atoms with E-state index in [9.17, 15) is 4.79 Å². The van der Waals surface area contributed by atoms with Gasteiger partial charge in [0.2, 0.25) is 11.1 Å². The van der Waals surface area contributed by atoms with Crippen LogP contribution in [0.3, 0.4) is 0 Å². The molecule has 2 aromatic carbocycles. The van der Waals surface area contributed by atoms with Crippen LogP contribution in [0.15, 0.2) is 58.9 Å². The molecule has 0 saturated heterocycles. The molecule has 4 rings (SSSR count). The van der Waals surface area contributed by atoms with Crippen molar-refractivity contribution in [3.63, 3.8) is 0 Å². The van der Waals surface area contributed by atoms with Gasteiger partial charge >= 0.3 is 0 Å². The quantitative estimate of drug-likeness (QED) is 0.335. The largest absolute Gasteiger partial charge is 0.490 e. The fraction of sp³-hybridized carbons (Fsp3) is 0.370. The van der Waals surface area contributed by atoms with Crippen LogP contribution in [0.5, 0.6) is 11.5 Å². The number of nitrogens with zero attached hydrogens (tertiary/aromatic N) is 3. The molecule has 1 atom stereocenters. The SMILES string of the molecule is CCCSc1nc2n(n1)C(c1ccc(OCC)c(OCC)c1)C(C(=O)Nc1cccc(C)c1)=C(C)N2. The number of aryl methyl sites for hydroxylation is 1. The van der Waals surface area contributed by atoms with E-state index >= 15 is 0 Å². The number of anilines is 2. The second kappa shape index (κ2) is 11.5. The summed E-state index contributed by atoms with van der Waals surface area (Å²) < 4.78 is 13.5. The molecule has 1 aliphatic heterocycles. The number of hydrogen-bond acceptors (Lipinski definition) is 7. The summed E-state index contributed by atoms with van der Waals surface area (Å²) in [5.41, 5.74) is 3.96. The van der Waals surface area contributed by atoms with Crippen molar-refractivity contribution in [1.82, 2.24) is 14.8 Å². The molecule has 1 unspecified atom stereocenters. The second-order valence-electron chi connectivity index (χ2n) is 8.47. The number of allylic oxidation sites excluding steroid dienone is 1. The maximum atomic E-state index is 13.7. The summed E-state index contributed by atoms with van der Waals surface area (Å²) in [6.07, 6.45) is 1.02. The van der Waals surface area contributed by atoms with Crippen LogP contribution in [0.1, 0.15) is 51.3 Å². The number of amides is 1. The third-order valence-corrected chi connectivity index (χ3v) is 6.72. The molecule has 0 bridgehead atoms. The number of nitrogens with one attached hydrogen (secondary N) is 2. The van der Waals surface area contributed by atoms with Gasteiger partial charge in [-0.1, -0.05) is 36.9 Å². The highest BCUT2D eigenvalue weighted by molar-refractivity contribution is 7.99. The highest BCUT2D eigenvalue weighted by atomic mass is 32.2. The smallest absolute Gasteiger partial charge is 0.255 e. The van der Waals surface area contributed by atoms with E-state index in [1.54, 1.807) is 16.4 Å².